The van der Waals surface area contributed by atoms with Crippen LogP contribution >= 0.6 is 0 Å². The monoisotopic (exact) mass is 739 g/mol. The fraction of sp³-hybridized carbons (Fsp3) is 0.385. The average Bonchev–Trinajstić information content (AvgIpc) is 3.38. The van der Waals surface area contributed by atoms with E-state index in [1.165, 1.54) is 49.5 Å². The van der Waals surface area contributed by atoms with Crippen LogP contribution in [-0.4, -0.2) is 62.0 Å². The summed E-state index contributed by atoms with van der Waals surface area (Å²) in [5, 5.41) is 26.7. The van der Waals surface area contributed by atoms with Gasteiger partial charge in [0.2, 0.25) is 0 Å². The van der Waals surface area contributed by atoms with Gasteiger partial charge in [-0.2, -0.15) is 0 Å². The number of quaternary nitrogens is 1. The molecule has 1 amide bonds. The molecule has 0 spiro atoms. The van der Waals surface area contributed by atoms with Crippen molar-refractivity contribution in [2.24, 2.45) is 0 Å². The second-order valence-electron chi connectivity index (χ2n) is 9.99. The number of nitrogens with zero attached hydrogens (tertiary/aromatic N) is 3. The Balaban J connectivity index is 1.95. The first-order valence-electron chi connectivity index (χ1n) is 12.6. The van der Waals surface area contributed by atoms with E-state index >= 15 is 0 Å². The van der Waals surface area contributed by atoms with Crippen LogP contribution in [0.1, 0.15) is 31.9 Å². The number of alkyl halides is 2. The Morgan fingerprint density at radius 1 is 1.16 bits per heavy atom. The maximum atomic E-state index is 13.6. The Kier molecular flexibility index (Phi) is 11.7. The molecule has 43 heavy (non-hydrogen) atoms. The molecule has 0 fully saturated rings. The van der Waals surface area contributed by atoms with Gasteiger partial charge in [-0.15, -0.1) is 0 Å². The minimum absolute atomic E-state index is 0.0595. The van der Waals surface area contributed by atoms with Gasteiger partial charge in [0.1, 0.15) is 0 Å². The first-order valence-corrected chi connectivity index (χ1v) is 16.3. The summed E-state index contributed by atoms with van der Waals surface area (Å²) in [5.74, 6) is 0.895. The number of carbonyl (C=O) groups is 1. The number of rotatable bonds is 13. The van der Waals surface area contributed by atoms with Crippen molar-refractivity contribution in [1.82, 2.24) is 19.4 Å². The number of nitrogens with one attached hydrogen (secondary N) is 2. The summed E-state index contributed by atoms with van der Waals surface area (Å²) in [4.78, 5) is 13.1. The van der Waals surface area contributed by atoms with E-state index < -0.39 is 59.6 Å². The fourth-order valence-corrected chi connectivity index (χ4v) is 6.55. The van der Waals surface area contributed by atoms with E-state index in [-0.39, 0.29) is 27.2 Å². The number of hydrogen-bond donors (Lipinski definition) is 2. The molecule has 0 aliphatic carbocycles. The van der Waals surface area contributed by atoms with Gasteiger partial charge in [0.25, 0.3) is 0 Å². The van der Waals surface area contributed by atoms with Crippen molar-refractivity contribution < 1.29 is 61.1 Å². The van der Waals surface area contributed by atoms with Crippen LogP contribution in [0.15, 0.2) is 53.7 Å². The topological polar surface area (TPSA) is 163 Å². The van der Waals surface area contributed by atoms with E-state index in [0.29, 0.717) is 22.6 Å². The summed E-state index contributed by atoms with van der Waals surface area (Å²) in [6, 6.07) is 8.95. The number of halogens is 3. The molecule has 2 aromatic carbocycles. The Labute approximate surface area is 258 Å². The predicted octanol–water partition coefficient (Wildman–Crippen LogP) is -0.576. The van der Waals surface area contributed by atoms with Gasteiger partial charge in [-0.1, -0.05) is 0 Å². The van der Waals surface area contributed by atoms with E-state index in [0.717, 1.165) is 4.90 Å². The molecule has 0 aliphatic rings. The van der Waals surface area contributed by atoms with Crippen LogP contribution in [0.3, 0.4) is 0 Å². The number of aromatic nitrogens is 2. The normalized spacial score (nSPS) is 12.2. The number of sulfonamides is 1. The minimum atomic E-state index is -4.28. The summed E-state index contributed by atoms with van der Waals surface area (Å²) in [6.45, 7) is 3.48. The van der Waals surface area contributed by atoms with Crippen LogP contribution in [0.2, 0.25) is 0 Å². The van der Waals surface area contributed by atoms with Crippen molar-refractivity contribution in [3.63, 3.8) is 0 Å². The third-order valence-electron chi connectivity index (χ3n) is 5.61. The predicted molar refractivity (Wildman–Crippen MR) is 146 cm³/mol. The summed E-state index contributed by atoms with van der Waals surface area (Å²) in [6.07, 6.45) is -1.08. The Hall–Kier alpha value is -3.10. The first-order chi connectivity index (χ1) is 20.1. The molecule has 1 aromatic heterocycles. The van der Waals surface area contributed by atoms with Crippen molar-refractivity contribution in [3.8, 4) is 17.2 Å². The second-order valence-corrected chi connectivity index (χ2v) is 14.4. The van der Waals surface area contributed by atoms with Crippen molar-refractivity contribution in [2.75, 3.05) is 20.8 Å². The molecular formula is C26H32F2IN5O8S-2. The average molecular weight is 740 g/mol. The molecular weight excluding hydrogens is 707 g/mol. The molecule has 0 aliphatic heterocycles. The van der Waals surface area contributed by atoms with Gasteiger partial charge in [-0.3, -0.25) is 0 Å². The molecule has 0 unspecified atom stereocenters. The van der Waals surface area contributed by atoms with Crippen LogP contribution in [0.5, 0.6) is 11.5 Å². The molecule has 17 heteroatoms. The molecule has 0 saturated carbocycles. The van der Waals surface area contributed by atoms with Gasteiger partial charge in [0.15, 0.2) is 0 Å². The molecule has 13 nitrogen and oxygen atoms in total. The second kappa shape index (κ2) is 14.6. The SMILES string of the molecule is COc1ccc(CNS(=O)(=O)c2cc([I-][NH+]([O-])[O-])ccc2-n2cc(CN(CC(F)F)C(=O)OC(C)(C)C)cn2)c(OC)c1. The number of ether oxygens (including phenoxy) is 3. The molecule has 0 radical (unpaired) electrons. The van der Waals surface area contributed by atoms with Gasteiger partial charge in [-0.25, -0.2) is 0 Å². The summed E-state index contributed by atoms with van der Waals surface area (Å²) >= 11 is -1.66. The Bertz CT molecular complexity index is 1520. The summed E-state index contributed by atoms with van der Waals surface area (Å²) < 4.78 is 72.0. The van der Waals surface area contributed by atoms with Crippen molar-refractivity contribution in [1.29, 1.82) is 0 Å². The Morgan fingerprint density at radius 3 is 2.49 bits per heavy atom. The first kappa shape index (κ1) is 34.4. The van der Waals surface area contributed by atoms with Crippen molar-refractivity contribution in [3.05, 3.63) is 73.9 Å². The van der Waals surface area contributed by atoms with Gasteiger partial charge in [0, 0.05) is 0 Å². The molecule has 0 bridgehead atoms. The van der Waals surface area contributed by atoms with Crippen LogP contribution in [0, 0.1) is 14.0 Å². The molecule has 2 N–H and O–H groups in total. The van der Waals surface area contributed by atoms with Crippen LogP contribution in [0.4, 0.5) is 13.6 Å². The molecule has 0 saturated heterocycles. The number of carbonyl (C=O) groups excluding carboxylic acids is 1. The third kappa shape index (κ3) is 9.97. The van der Waals surface area contributed by atoms with Crippen LogP contribution in [-0.2, 0) is 27.8 Å². The number of amides is 1. The fourth-order valence-electron chi connectivity index (χ4n) is 3.78. The van der Waals surface area contributed by atoms with Crippen LogP contribution in [0.25, 0.3) is 5.69 Å². The zero-order valence-electron chi connectivity index (χ0n) is 24.0. The number of methoxy groups -OCH3 is 2. The van der Waals surface area contributed by atoms with Crippen molar-refractivity contribution in [2.45, 2.75) is 50.8 Å². The van der Waals surface area contributed by atoms with E-state index in [9.17, 15) is 32.4 Å². The van der Waals surface area contributed by atoms with Crippen molar-refractivity contribution >= 4 is 16.1 Å². The zero-order valence-corrected chi connectivity index (χ0v) is 26.9. The van der Waals surface area contributed by atoms with E-state index in [2.05, 4.69) is 9.82 Å². The standard InChI is InChI=1S/C26H32F2IN5O8S/c1-26(2,3)42-25(35)32(16-24(27)28)14-17-12-30-33(15-17)21-9-7-19(29-34(36)37)10-23(21)43(38,39)31-13-18-6-8-20(40-4)11-22(18)41-5/h6-12,15,24,31,34H,13-14,16H2,1-5H3/q-2. The third-order valence-corrected chi connectivity index (χ3v) is 8.78. The van der Waals surface area contributed by atoms with Gasteiger partial charge < -0.3 is 0 Å². The molecule has 238 valence electrons. The molecule has 0 atom stereocenters. The quantitative estimate of drug-likeness (QED) is 0.133. The number of benzene rings is 2. The summed E-state index contributed by atoms with van der Waals surface area (Å²) in [5.41, 5.74) is -0.0283. The van der Waals surface area contributed by atoms with Gasteiger partial charge >= 0.3 is 239 Å². The van der Waals surface area contributed by atoms with Gasteiger partial charge in [-0.05, 0) is 20.8 Å². The van der Waals surface area contributed by atoms with Crippen LogP contribution < -0.4 is 39.1 Å². The zero-order chi connectivity index (χ0) is 31.9. The maximum absolute atomic E-state index is 13.6. The van der Waals surface area contributed by atoms with E-state index in [4.69, 9.17) is 14.2 Å². The molecule has 3 aromatic rings. The summed E-state index contributed by atoms with van der Waals surface area (Å²) in [7, 11) is -1.37. The van der Waals surface area contributed by atoms with E-state index in [1.54, 1.807) is 39.0 Å². The Morgan fingerprint density at radius 2 is 1.88 bits per heavy atom. The molecule has 3 rings (SSSR count). The van der Waals surface area contributed by atoms with E-state index in [1.807, 2.05) is 0 Å². The molecule has 1 heterocycles. The number of hydrogen-bond acceptors (Lipinski definition) is 9. The van der Waals surface area contributed by atoms with Gasteiger partial charge in [0.05, 0.1) is 0 Å².